The maximum atomic E-state index is 12.6. The van der Waals surface area contributed by atoms with Gasteiger partial charge in [0, 0.05) is 32.0 Å². The molecule has 2 rings (SSSR count). The number of hydrogen-bond acceptors (Lipinski definition) is 6. The molecule has 27 heavy (non-hydrogen) atoms. The molecule has 0 fully saturated rings. The van der Waals surface area contributed by atoms with Gasteiger partial charge in [-0.3, -0.25) is 19.0 Å². The summed E-state index contributed by atoms with van der Waals surface area (Å²) < 4.78 is 11.9. The van der Waals surface area contributed by atoms with Gasteiger partial charge in [0.05, 0.1) is 31.4 Å². The number of nitrogens with one attached hydrogen (secondary N) is 1. The summed E-state index contributed by atoms with van der Waals surface area (Å²) in [4.78, 5) is 39.0. The molecule has 1 amide bonds. The minimum Gasteiger partial charge on any atom is -0.493 e. The lowest BCUT2D eigenvalue weighted by molar-refractivity contribution is -0.137. The van der Waals surface area contributed by atoms with E-state index < -0.39 is 5.97 Å². The van der Waals surface area contributed by atoms with Gasteiger partial charge in [-0.15, -0.1) is 0 Å². The summed E-state index contributed by atoms with van der Waals surface area (Å²) in [5.41, 5.74) is 0.285. The number of fused-ring (bicyclic) bond motifs is 1. The lowest BCUT2D eigenvalue weighted by Crippen LogP contribution is -2.26. The highest BCUT2D eigenvalue weighted by molar-refractivity contribution is 5.81. The number of ether oxygens (including phenoxy) is 2. The molecule has 0 saturated heterocycles. The Bertz CT molecular complexity index is 877. The molecule has 9 heteroatoms. The molecule has 0 spiro atoms. The number of carboxylic acid groups (broad SMARTS) is 1. The number of hydrogen-bond donors (Lipinski definition) is 2. The van der Waals surface area contributed by atoms with E-state index >= 15 is 0 Å². The van der Waals surface area contributed by atoms with Crippen molar-refractivity contribution in [3.63, 3.8) is 0 Å². The number of rotatable bonds is 10. The maximum absolute atomic E-state index is 12.6. The van der Waals surface area contributed by atoms with Gasteiger partial charge in [-0.2, -0.15) is 0 Å². The first-order chi connectivity index (χ1) is 13.0. The third-order valence-corrected chi connectivity index (χ3v) is 4.02. The van der Waals surface area contributed by atoms with E-state index in [1.807, 2.05) is 0 Å². The Balaban J connectivity index is 1.97. The minimum absolute atomic E-state index is 0.0205. The Morgan fingerprint density at radius 2 is 1.85 bits per heavy atom. The van der Waals surface area contributed by atoms with E-state index in [0.29, 0.717) is 48.3 Å². The zero-order valence-corrected chi connectivity index (χ0v) is 15.4. The van der Waals surface area contributed by atoms with E-state index in [0.717, 1.165) is 0 Å². The van der Waals surface area contributed by atoms with Crippen molar-refractivity contribution in [2.45, 2.75) is 32.2 Å². The van der Waals surface area contributed by atoms with Crippen LogP contribution in [0.2, 0.25) is 0 Å². The average Bonchev–Trinajstić information content (AvgIpc) is 2.66. The van der Waals surface area contributed by atoms with Crippen molar-refractivity contribution in [2.75, 3.05) is 20.8 Å². The van der Waals surface area contributed by atoms with Crippen LogP contribution in [0.4, 0.5) is 0 Å². The third kappa shape index (κ3) is 5.44. The standard InChI is InChI=1S/C18H23N3O6/c1-26-14-9-12-13(10-15(14)27-2)20-11-21(18(12)25)8-4-5-16(22)19-7-3-6-17(23)24/h9-11H,3-8H2,1-2H3,(H,19,22)(H,23,24). The van der Waals surface area contributed by atoms with Crippen LogP contribution in [0.3, 0.4) is 0 Å². The fourth-order valence-corrected chi connectivity index (χ4v) is 2.61. The summed E-state index contributed by atoms with van der Waals surface area (Å²) in [6, 6.07) is 3.24. The van der Waals surface area contributed by atoms with Crippen molar-refractivity contribution >= 4 is 22.8 Å². The van der Waals surface area contributed by atoms with E-state index in [9.17, 15) is 14.4 Å². The van der Waals surface area contributed by atoms with Crippen LogP contribution in [0.25, 0.3) is 10.9 Å². The SMILES string of the molecule is COc1cc2ncn(CCCC(=O)NCCCC(=O)O)c(=O)c2cc1OC. The van der Waals surface area contributed by atoms with Crippen LogP contribution in [0.1, 0.15) is 25.7 Å². The number of aromatic nitrogens is 2. The summed E-state index contributed by atoms with van der Waals surface area (Å²) in [6.45, 7) is 0.670. The maximum Gasteiger partial charge on any atom is 0.303 e. The number of aryl methyl sites for hydroxylation is 1. The molecule has 1 heterocycles. The summed E-state index contributed by atoms with van der Waals surface area (Å²) in [5.74, 6) is -0.119. The highest BCUT2D eigenvalue weighted by Crippen LogP contribution is 2.29. The number of benzene rings is 1. The summed E-state index contributed by atoms with van der Waals surface area (Å²) in [6.07, 6.45) is 2.56. The number of methoxy groups -OCH3 is 2. The normalized spacial score (nSPS) is 10.6. The minimum atomic E-state index is -0.887. The van der Waals surface area contributed by atoms with E-state index in [1.165, 1.54) is 25.1 Å². The number of carbonyl (C=O) groups excluding carboxylic acids is 1. The largest absolute Gasteiger partial charge is 0.493 e. The highest BCUT2D eigenvalue weighted by atomic mass is 16.5. The number of carbonyl (C=O) groups is 2. The molecule has 2 aromatic rings. The van der Waals surface area contributed by atoms with E-state index in [4.69, 9.17) is 14.6 Å². The molecule has 0 saturated carbocycles. The second-order valence-electron chi connectivity index (χ2n) is 5.92. The monoisotopic (exact) mass is 377 g/mol. The second-order valence-corrected chi connectivity index (χ2v) is 5.92. The molecule has 0 unspecified atom stereocenters. The zero-order chi connectivity index (χ0) is 19.8. The number of amides is 1. The molecule has 0 aliphatic carbocycles. The first kappa shape index (κ1) is 20.2. The smallest absolute Gasteiger partial charge is 0.303 e. The third-order valence-electron chi connectivity index (χ3n) is 4.02. The van der Waals surface area contributed by atoms with Crippen LogP contribution < -0.4 is 20.3 Å². The predicted octanol–water partition coefficient (Wildman–Crippen LogP) is 1.17. The van der Waals surface area contributed by atoms with E-state index in [-0.39, 0.29) is 24.3 Å². The summed E-state index contributed by atoms with van der Waals surface area (Å²) >= 11 is 0. The van der Waals surface area contributed by atoms with Crippen LogP contribution in [0, 0.1) is 0 Å². The summed E-state index contributed by atoms with van der Waals surface area (Å²) in [7, 11) is 3.01. The van der Waals surface area contributed by atoms with Crippen molar-refractivity contribution in [2.24, 2.45) is 0 Å². The zero-order valence-electron chi connectivity index (χ0n) is 15.4. The lowest BCUT2D eigenvalue weighted by Gasteiger charge is -2.10. The van der Waals surface area contributed by atoms with Crippen LogP contribution in [-0.2, 0) is 16.1 Å². The van der Waals surface area contributed by atoms with Gasteiger partial charge in [0.25, 0.3) is 5.56 Å². The van der Waals surface area contributed by atoms with Gasteiger partial charge in [-0.05, 0) is 18.9 Å². The molecule has 0 radical (unpaired) electrons. The fraction of sp³-hybridized carbons (Fsp3) is 0.444. The van der Waals surface area contributed by atoms with Crippen molar-refractivity contribution in [3.05, 3.63) is 28.8 Å². The average molecular weight is 377 g/mol. The molecule has 2 N–H and O–H groups in total. The van der Waals surface area contributed by atoms with Crippen LogP contribution in [-0.4, -0.2) is 47.3 Å². The molecule has 0 aliphatic rings. The van der Waals surface area contributed by atoms with Crippen molar-refractivity contribution in [1.29, 1.82) is 0 Å². The van der Waals surface area contributed by atoms with Crippen LogP contribution in [0.5, 0.6) is 11.5 Å². The van der Waals surface area contributed by atoms with Gasteiger partial charge in [-0.25, -0.2) is 4.98 Å². The number of aliphatic carboxylic acids is 1. The van der Waals surface area contributed by atoms with Gasteiger partial charge >= 0.3 is 5.97 Å². The van der Waals surface area contributed by atoms with Crippen molar-refractivity contribution in [3.8, 4) is 11.5 Å². The van der Waals surface area contributed by atoms with Crippen molar-refractivity contribution < 1.29 is 24.2 Å². The van der Waals surface area contributed by atoms with Gasteiger partial charge in [0.2, 0.25) is 5.91 Å². The number of nitrogens with zero attached hydrogens (tertiary/aromatic N) is 2. The lowest BCUT2D eigenvalue weighted by atomic mass is 10.2. The Kier molecular flexibility index (Phi) is 7.16. The van der Waals surface area contributed by atoms with Gasteiger partial charge in [0.15, 0.2) is 11.5 Å². The first-order valence-electron chi connectivity index (χ1n) is 8.56. The van der Waals surface area contributed by atoms with E-state index in [2.05, 4.69) is 10.3 Å². The van der Waals surface area contributed by atoms with Crippen LogP contribution >= 0.6 is 0 Å². The van der Waals surface area contributed by atoms with Crippen molar-refractivity contribution in [1.82, 2.24) is 14.9 Å². The first-order valence-corrected chi connectivity index (χ1v) is 8.56. The Labute approximate surface area is 155 Å². The Hall–Kier alpha value is -3.10. The quantitative estimate of drug-likeness (QED) is 0.597. The van der Waals surface area contributed by atoms with E-state index in [1.54, 1.807) is 12.1 Å². The molecule has 146 valence electrons. The molecule has 0 atom stereocenters. The molecule has 9 nitrogen and oxygen atoms in total. The molecular formula is C18H23N3O6. The fourth-order valence-electron chi connectivity index (χ4n) is 2.61. The van der Waals surface area contributed by atoms with Gasteiger partial charge in [0.1, 0.15) is 0 Å². The van der Waals surface area contributed by atoms with Crippen LogP contribution in [0.15, 0.2) is 23.3 Å². The topological polar surface area (TPSA) is 120 Å². The highest BCUT2D eigenvalue weighted by Gasteiger charge is 2.11. The Morgan fingerprint density at radius 1 is 1.15 bits per heavy atom. The molecule has 1 aromatic heterocycles. The molecule has 1 aromatic carbocycles. The Morgan fingerprint density at radius 3 is 2.52 bits per heavy atom. The van der Waals surface area contributed by atoms with Gasteiger partial charge in [-0.1, -0.05) is 0 Å². The second kappa shape index (κ2) is 9.56. The number of carboxylic acids is 1. The summed E-state index contributed by atoms with van der Waals surface area (Å²) in [5, 5.41) is 11.6. The molecular weight excluding hydrogens is 354 g/mol. The van der Waals surface area contributed by atoms with Gasteiger partial charge < -0.3 is 19.9 Å². The molecule has 0 bridgehead atoms. The predicted molar refractivity (Wildman–Crippen MR) is 98.2 cm³/mol. The molecule has 0 aliphatic heterocycles.